The predicted octanol–water partition coefficient (Wildman–Crippen LogP) is 3.94. The first kappa shape index (κ1) is 17.1. The summed E-state index contributed by atoms with van der Waals surface area (Å²) in [5, 5.41) is 7.22. The van der Waals surface area contributed by atoms with Crippen LogP contribution in [-0.2, 0) is 11.7 Å². The van der Waals surface area contributed by atoms with Gasteiger partial charge in [0.1, 0.15) is 18.0 Å². The van der Waals surface area contributed by atoms with Gasteiger partial charge in [0.25, 0.3) is 5.78 Å². The summed E-state index contributed by atoms with van der Waals surface area (Å²) in [5.41, 5.74) is -1.10. The highest BCUT2D eigenvalue weighted by atomic mass is 19.4. The summed E-state index contributed by atoms with van der Waals surface area (Å²) in [7, 11) is 0. The first-order valence-electron chi connectivity index (χ1n) is 7.41. The molecule has 0 saturated carbocycles. The third kappa shape index (κ3) is 3.26. The van der Waals surface area contributed by atoms with Gasteiger partial charge in [0.2, 0.25) is 0 Å². The number of nitrogens with zero attached hydrogens (tertiary/aromatic N) is 4. The van der Waals surface area contributed by atoms with Gasteiger partial charge in [-0.2, -0.15) is 27.8 Å². The number of nitrogens with one attached hydrogen (secondary N) is 1. The van der Waals surface area contributed by atoms with Crippen LogP contribution in [-0.4, -0.2) is 19.6 Å². The van der Waals surface area contributed by atoms with Gasteiger partial charge in [0.05, 0.1) is 11.1 Å². The molecule has 25 heavy (non-hydrogen) atoms. The van der Waals surface area contributed by atoms with Crippen LogP contribution >= 0.6 is 0 Å². The van der Waals surface area contributed by atoms with E-state index in [1.54, 1.807) is 26.8 Å². The van der Waals surface area contributed by atoms with Crippen LogP contribution in [0, 0.1) is 12.7 Å². The Morgan fingerprint density at radius 1 is 1.12 bits per heavy atom. The van der Waals surface area contributed by atoms with E-state index in [2.05, 4.69) is 20.4 Å². The van der Waals surface area contributed by atoms with Crippen LogP contribution in [0.3, 0.4) is 0 Å². The van der Waals surface area contributed by atoms with Crippen molar-refractivity contribution in [1.82, 2.24) is 19.6 Å². The summed E-state index contributed by atoms with van der Waals surface area (Å²) in [6.07, 6.45) is -3.38. The Kier molecular flexibility index (Phi) is 3.89. The topological polar surface area (TPSA) is 55.1 Å². The molecule has 3 rings (SSSR count). The molecule has 1 aromatic carbocycles. The quantitative estimate of drug-likeness (QED) is 0.725. The van der Waals surface area contributed by atoms with Crippen LogP contribution < -0.4 is 5.32 Å². The lowest BCUT2D eigenvalue weighted by Crippen LogP contribution is -2.29. The van der Waals surface area contributed by atoms with E-state index in [1.165, 1.54) is 16.9 Å². The number of alkyl halides is 3. The highest BCUT2D eigenvalue weighted by molar-refractivity contribution is 5.48. The number of hydrogen-bond acceptors (Lipinski definition) is 4. The zero-order valence-electron chi connectivity index (χ0n) is 13.7. The molecule has 0 unspecified atom stereocenters. The second-order valence-electron chi connectivity index (χ2n) is 6.20. The third-order valence-corrected chi connectivity index (χ3v) is 3.82. The molecule has 0 aliphatic heterocycles. The van der Waals surface area contributed by atoms with Crippen LogP contribution in [0.15, 0.2) is 30.6 Å². The van der Waals surface area contributed by atoms with E-state index in [0.717, 1.165) is 12.1 Å². The Morgan fingerprint density at radius 3 is 2.48 bits per heavy atom. The number of halogens is 4. The zero-order valence-corrected chi connectivity index (χ0v) is 13.7. The standard InChI is InChI=1S/C16H15F4N5/c1-9-6-13(25-14(23-9)21-8-22-25)24-15(2,3)10-4-5-11(12(17)7-10)16(18,19)20/h4-8,24H,1-3H3. The van der Waals surface area contributed by atoms with E-state index in [1.807, 2.05) is 0 Å². The molecule has 0 aliphatic carbocycles. The lowest BCUT2D eigenvalue weighted by atomic mass is 9.93. The number of rotatable bonds is 3. The fraction of sp³-hybridized carbons (Fsp3) is 0.312. The number of hydrogen-bond donors (Lipinski definition) is 1. The van der Waals surface area contributed by atoms with Crippen molar-refractivity contribution in [2.45, 2.75) is 32.5 Å². The number of anilines is 1. The lowest BCUT2D eigenvalue weighted by molar-refractivity contribution is -0.140. The minimum atomic E-state index is -4.73. The molecule has 0 fully saturated rings. The summed E-state index contributed by atoms with van der Waals surface area (Å²) in [6, 6.07) is 4.62. The number of aromatic nitrogens is 4. The van der Waals surface area contributed by atoms with E-state index in [9.17, 15) is 17.6 Å². The average Bonchev–Trinajstić information content (AvgIpc) is 2.93. The Bertz CT molecular complexity index is 930. The first-order chi connectivity index (χ1) is 11.6. The Balaban J connectivity index is 1.99. The van der Waals surface area contributed by atoms with Gasteiger partial charge in [-0.25, -0.2) is 9.37 Å². The number of fused-ring (bicyclic) bond motifs is 1. The molecule has 0 aliphatic rings. The maximum absolute atomic E-state index is 13.9. The molecule has 2 aromatic heterocycles. The molecule has 0 amide bonds. The van der Waals surface area contributed by atoms with Crippen molar-refractivity contribution in [2.75, 3.05) is 5.32 Å². The highest BCUT2D eigenvalue weighted by Gasteiger charge is 2.35. The van der Waals surface area contributed by atoms with Crippen molar-refractivity contribution < 1.29 is 17.6 Å². The van der Waals surface area contributed by atoms with Gasteiger partial charge in [-0.1, -0.05) is 6.07 Å². The minimum absolute atomic E-state index is 0.362. The smallest absolute Gasteiger partial charge is 0.361 e. The second-order valence-corrected chi connectivity index (χ2v) is 6.20. The largest absolute Gasteiger partial charge is 0.419 e. The minimum Gasteiger partial charge on any atom is -0.361 e. The summed E-state index contributed by atoms with van der Waals surface area (Å²) in [6.45, 7) is 5.24. The van der Waals surface area contributed by atoms with E-state index >= 15 is 0 Å². The Labute approximate surface area is 140 Å². The fourth-order valence-corrected chi connectivity index (χ4v) is 2.55. The van der Waals surface area contributed by atoms with Crippen molar-refractivity contribution in [3.8, 4) is 0 Å². The Morgan fingerprint density at radius 2 is 1.84 bits per heavy atom. The van der Waals surface area contributed by atoms with Crippen molar-refractivity contribution in [3.05, 3.63) is 53.2 Å². The molecule has 0 saturated heterocycles. The molecule has 0 radical (unpaired) electrons. The van der Waals surface area contributed by atoms with E-state index in [0.29, 0.717) is 22.9 Å². The maximum atomic E-state index is 13.9. The molecule has 3 aromatic rings. The molecule has 2 heterocycles. The van der Waals surface area contributed by atoms with Gasteiger partial charge >= 0.3 is 6.18 Å². The molecular weight excluding hydrogens is 338 g/mol. The Hall–Kier alpha value is -2.71. The van der Waals surface area contributed by atoms with Crippen LogP contribution in [0.2, 0.25) is 0 Å². The third-order valence-electron chi connectivity index (χ3n) is 3.82. The monoisotopic (exact) mass is 353 g/mol. The molecule has 0 bridgehead atoms. The normalized spacial score (nSPS) is 12.6. The van der Waals surface area contributed by atoms with Crippen LogP contribution in [0.25, 0.3) is 5.78 Å². The van der Waals surface area contributed by atoms with Gasteiger partial charge in [-0.05, 0) is 38.5 Å². The summed E-state index contributed by atoms with van der Waals surface area (Å²) in [5.74, 6) is -0.376. The van der Waals surface area contributed by atoms with Gasteiger partial charge in [-0.3, -0.25) is 0 Å². The van der Waals surface area contributed by atoms with Crippen LogP contribution in [0.1, 0.15) is 30.7 Å². The molecule has 1 N–H and O–H groups in total. The van der Waals surface area contributed by atoms with Crippen molar-refractivity contribution >= 4 is 11.6 Å². The zero-order chi connectivity index (χ0) is 18.4. The van der Waals surface area contributed by atoms with Gasteiger partial charge in [0.15, 0.2) is 0 Å². The summed E-state index contributed by atoms with van der Waals surface area (Å²) < 4.78 is 53.5. The van der Waals surface area contributed by atoms with E-state index < -0.39 is 23.1 Å². The molecular formula is C16H15F4N5. The van der Waals surface area contributed by atoms with Crippen LogP contribution in [0.5, 0.6) is 0 Å². The van der Waals surface area contributed by atoms with E-state index in [4.69, 9.17) is 0 Å². The molecule has 0 atom stereocenters. The molecule has 5 nitrogen and oxygen atoms in total. The van der Waals surface area contributed by atoms with E-state index in [-0.39, 0.29) is 0 Å². The SMILES string of the molecule is Cc1cc(NC(C)(C)c2ccc(C(F)(F)F)c(F)c2)n2ncnc2n1. The molecule has 9 heteroatoms. The molecule has 0 spiro atoms. The second kappa shape index (κ2) is 5.68. The summed E-state index contributed by atoms with van der Waals surface area (Å²) >= 11 is 0. The number of benzene rings is 1. The van der Waals surface area contributed by atoms with Gasteiger partial charge in [-0.15, -0.1) is 0 Å². The highest BCUT2D eigenvalue weighted by Crippen LogP contribution is 2.34. The van der Waals surface area contributed by atoms with Gasteiger partial charge in [0, 0.05) is 11.8 Å². The maximum Gasteiger partial charge on any atom is 0.419 e. The van der Waals surface area contributed by atoms with Crippen LogP contribution in [0.4, 0.5) is 23.4 Å². The number of aryl methyl sites for hydroxylation is 1. The average molecular weight is 353 g/mol. The fourth-order valence-electron chi connectivity index (χ4n) is 2.55. The van der Waals surface area contributed by atoms with Crippen molar-refractivity contribution in [2.24, 2.45) is 0 Å². The van der Waals surface area contributed by atoms with Crippen molar-refractivity contribution in [1.29, 1.82) is 0 Å². The lowest BCUT2D eigenvalue weighted by Gasteiger charge is -2.28. The van der Waals surface area contributed by atoms with Crippen molar-refractivity contribution in [3.63, 3.8) is 0 Å². The first-order valence-corrected chi connectivity index (χ1v) is 7.41. The molecule has 132 valence electrons. The summed E-state index contributed by atoms with van der Waals surface area (Å²) in [4.78, 5) is 8.23. The predicted molar refractivity (Wildman–Crippen MR) is 83.6 cm³/mol. The van der Waals surface area contributed by atoms with Gasteiger partial charge < -0.3 is 5.32 Å².